The van der Waals surface area contributed by atoms with E-state index < -0.39 is 0 Å². The summed E-state index contributed by atoms with van der Waals surface area (Å²) in [5, 5.41) is 18.7. The van der Waals surface area contributed by atoms with E-state index in [9.17, 15) is 10.1 Å². The second-order valence-corrected chi connectivity index (χ2v) is 5.36. The van der Waals surface area contributed by atoms with Crippen molar-refractivity contribution in [3.8, 4) is 0 Å². The molecule has 0 bridgehead atoms. The average Bonchev–Trinajstić information content (AvgIpc) is 2.65. The number of ether oxygens (including phenoxy) is 1. The van der Waals surface area contributed by atoms with E-state index in [2.05, 4.69) is 10.4 Å². The van der Waals surface area contributed by atoms with E-state index in [0.717, 1.165) is 25.7 Å². The molecule has 0 atom stereocenters. The highest BCUT2D eigenvalue weighted by molar-refractivity contribution is 5.59. The highest BCUT2D eigenvalue weighted by Gasteiger charge is 2.38. The molecule has 1 heterocycles. The summed E-state index contributed by atoms with van der Waals surface area (Å²) in [6.07, 6.45) is 4.00. The number of aryl methyl sites for hydroxylation is 2. The molecule has 0 radical (unpaired) electrons. The van der Waals surface area contributed by atoms with Crippen LogP contribution in [0.1, 0.15) is 38.3 Å². The fraction of sp³-hybridized carbons (Fsp3) is 0.769. The largest absolute Gasteiger partial charge is 0.376 e. The zero-order valence-electron chi connectivity index (χ0n) is 12.3. The molecule has 1 aliphatic rings. The molecule has 0 spiro atoms. The summed E-state index contributed by atoms with van der Waals surface area (Å²) in [7, 11) is 1.70. The van der Waals surface area contributed by atoms with Crippen LogP contribution in [-0.4, -0.2) is 34.0 Å². The van der Waals surface area contributed by atoms with Crippen LogP contribution < -0.4 is 5.32 Å². The summed E-state index contributed by atoms with van der Waals surface area (Å²) in [6, 6.07) is 0. The van der Waals surface area contributed by atoms with Gasteiger partial charge in [0.2, 0.25) is 5.82 Å². The van der Waals surface area contributed by atoms with Crippen LogP contribution in [0, 0.1) is 17.0 Å². The molecule has 7 heteroatoms. The van der Waals surface area contributed by atoms with Gasteiger partial charge in [0.1, 0.15) is 5.69 Å². The molecule has 1 aromatic rings. The van der Waals surface area contributed by atoms with Gasteiger partial charge in [-0.05, 0) is 32.6 Å². The Morgan fingerprint density at radius 1 is 1.55 bits per heavy atom. The number of nitrogens with one attached hydrogen (secondary N) is 1. The molecule has 0 unspecified atom stereocenters. The number of anilines is 1. The average molecular weight is 282 g/mol. The van der Waals surface area contributed by atoms with Crippen LogP contribution in [0.2, 0.25) is 0 Å². The maximum atomic E-state index is 11.2. The third-order valence-electron chi connectivity index (χ3n) is 3.99. The van der Waals surface area contributed by atoms with Crippen molar-refractivity contribution in [1.82, 2.24) is 9.78 Å². The van der Waals surface area contributed by atoms with Gasteiger partial charge in [0, 0.05) is 20.2 Å². The van der Waals surface area contributed by atoms with E-state index in [1.54, 1.807) is 18.7 Å². The first-order chi connectivity index (χ1) is 9.53. The lowest BCUT2D eigenvalue weighted by Gasteiger charge is -2.40. The minimum Gasteiger partial charge on any atom is -0.376 e. The highest BCUT2D eigenvalue weighted by Crippen LogP contribution is 2.36. The van der Waals surface area contributed by atoms with E-state index >= 15 is 0 Å². The third-order valence-corrected chi connectivity index (χ3v) is 3.99. The number of hydrogen-bond donors (Lipinski definition) is 1. The van der Waals surface area contributed by atoms with Gasteiger partial charge in [-0.1, -0.05) is 6.92 Å². The molecule has 0 aromatic carbocycles. The van der Waals surface area contributed by atoms with E-state index in [0.29, 0.717) is 24.6 Å². The summed E-state index contributed by atoms with van der Waals surface area (Å²) in [5.41, 5.74) is 0.346. The molecule has 0 amide bonds. The van der Waals surface area contributed by atoms with E-state index in [4.69, 9.17) is 4.74 Å². The Bertz CT molecular complexity index is 489. The summed E-state index contributed by atoms with van der Waals surface area (Å²) < 4.78 is 7.23. The highest BCUT2D eigenvalue weighted by atomic mass is 16.6. The first-order valence-corrected chi connectivity index (χ1v) is 7.04. The van der Waals surface area contributed by atoms with Crippen molar-refractivity contribution in [3.05, 3.63) is 15.8 Å². The van der Waals surface area contributed by atoms with Crippen molar-refractivity contribution in [1.29, 1.82) is 0 Å². The van der Waals surface area contributed by atoms with Gasteiger partial charge < -0.3 is 10.1 Å². The first kappa shape index (κ1) is 14.8. The van der Waals surface area contributed by atoms with E-state index in [-0.39, 0.29) is 16.2 Å². The lowest BCUT2D eigenvalue weighted by molar-refractivity contribution is -0.384. The molecule has 20 heavy (non-hydrogen) atoms. The molecule has 7 nitrogen and oxygen atoms in total. The topological polar surface area (TPSA) is 82.2 Å². The monoisotopic (exact) mass is 282 g/mol. The molecule has 0 saturated heterocycles. The predicted octanol–water partition coefficient (Wildman–Crippen LogP) is 2.49. The van der Waals surface area contributed by atoms with Crippen molar-refractivity contribution in [3.63, 3.8) is 0 Å². The third kappa shape index (κ3) is 2.63. The molecule has 1 aliphatic carbocycles. The predicted molar refractivity (Wildman–Crippen MR) is 76.0 cm³/mol. The summed E-state index contributed by atoms with van der Waals surface area (Å²) >= 11 is 0. The number of nitrogens with zero attached hydrogens (tertiary/aromatic N) is 3. The van der Waals surface area contributed by atoms with Crippen LogP contribution in [0.25, 0.3) is 0 Å². The molecular weight excluding hydrogens is 260 g/mol. The lowest BCUT2D eigenvalue weighted by atomic mass is 9.80. The molecular formula is C13H22N4O3. The lowest BCUT2D eigenvalue weighted by Crippen LogP contribution is -2.45. The normalized spacial score (nSPS) is 16.8. The molecule has 1 fully saturated rings. The van der Waals surface area contributed by atoms with Gasteiger partial charge in [-0.3, -0.25) is 10.1 Å². The van der Waals surface area contributed by atoms with Crippen molar-refractivity contribution in [2.45, 2.75) is 51.7 Å². The molecule has 0 aliphatic heterocycles. The Balaban J connectivity index is 2.21. The molecule has 1 aromatic heterocycles. The van der Waals surface area contributed by atoms with Gasteiger partial charge in [0.05, 0.1) is 10.5 Å². The number of aromatic nitrogens is 2. The number of hydrogen-bond acceptors (Lipinski definition) is 5. The second kappa shape index (κ2) is 5.78. The fourth-order valence-electron chi connectivity index (χ4n) is 2.61. The Morgan fingerprint density at radius 2 is 2.25 bits per heavy atom. The van der Waals surface area contributed by atoms with E-state index in [1.807, 2.05) is 6.92 Å². The standard InChI is InChI=1S/C13H22N4O3/c1-4-8-16-12(11(17(18)19)10(2)15-16)14-9-13(20-3)6-5-7-13/h14H,4-9H2,1-3H3. The zero-order valence-corrected chi connectivity index (χ0v) is 12.3. The van der Waals surface area contributed by atoms with Crippen LogP contribution in [0.15, 0.2) is 0 Å². The van der Waals surface area contributed by atoms with Gasteiger partial charge in [-0.2, -0.15) is 5.10 Å². The number of rotatable bonds is 7. The van der Waals surface area contributed by atoms with E-state index in [1.165, 1.54) is 0 Å². The van der Waals surface area contributed by atoms with Gasteiger partial charge in [0.25, 0.3) is 0 Å². The van der Waals surface area contributed by atoms with Gasteiger partial charge >= 0.3 is 5.69 Å². The van der Waals surface area contributed by atoms with Crippen LogP contribution in [0.4, 0.5) is 11.5 Å². The minimum atomic E-state index is -0.364. The summed E-state index contributed by atoms with van der Waals surface area (Å²) in [6.45, 7) is 4.94. The number of nitro groups is 1. The van der Waals surface area contributed by atoms with Crippen LogP contribution in [0.5, 0.6) is 0 Å². The van der Waals surface area contributed by atoms with Crippen LogP contribution in [0.3, 0.4) is 0 Å². The van der Waals surface area contributed by atoms with Crippen LogP contribution in [-0.2, 0) is 11.3 Å². The second-order valence-electron chi connectivity index (χ2n) is 5.36. The Morgan fingerprint density at radius 3 is 2.70 bits per heavy atom. The molecule has 1 N–H and O–H groups in total. The van der Waals surface area contributed by atoms with Gasteiger partial charge in [0.15, 0.2) is 0 Å². The smallest absolute Gasteiger partial charge is 0.333 e. The molecule has 1 saturated carbocycles. The minimum absolute atomic E-state index is 0.0732. The van der Waals surface area contributed by atoms with Gasteiger partial charge in [-0.25, -0.2) is 4.68 Å². The summed E-state index contributed by atoms with van der Waals surface area (Å²) in [5.74, 6) is 0.498. The maximum Gasteiger partial charge on any atom is 0.333 e. The fourth-order valence-corrected chi connectivity index (χ4v) is 2.61. The van der Waals surface area contributed by atoms with Crippen molar-refractivity contribution in [2.75, 3.05) is 19.0 Å². The van der Waals surface area contributed by atoms with Gasteiger partial charge in [-0.15, -0.1) is 0 Å². The Labute approximate surface area is 118 Å². The van der Waals surface area contributed by atoms with Crippen molar-refractivity contribution >= 4 is 11.5 Å². The van der Waals surface area contributed by atoms with Crippen molar-refractivity contribution in [2.24, 2.45) is 0 Å². The SMILES string of the molecule is CCCn1nc(C)c([N+](=O)[O-])c1NCC1(OC)CCC1. The zero-order chi connectivity index (χ0) is 14.8. The van der Waals surface area contributed by atoms with Crippen LogP contribution >= 0.6 is 0 Å². The maximum absolute atomic E-state index is 11.2. The summed E-state index contributed by atoms with van der Waals surface area (Å²) in [4.78, 5) is 10.9. The first-order valence-electron chi connectivity index (χ1n) is 7.04. The quantitative estimate of drug-likeness (QED) is 0.613. The Hall–Kier alpha value is -1.63. The molecule has 2 rings (SSSR count). The molecule has 112 valence electrons. The Kier molecular flexibility index (Phi) is 4.27. The number of methoxy groups -OCH3 is 1. The van der Waals surface area contributed by atoms with Crippen molar-refractivity contribution < 1.29 is 9.66 Å².